The third-order valence-corrected chi connectivity index (χ3v) is 3.51. The van der Waals surface area contributed by atoms with E-state index in [0.29, 0.717) is 11.4 Å². The first kappa shape index (κ1) is 20.0. The number of amides is 2. The van der Waals surface area contributed by atoms with Crippen LogP contribution < -0.4 is 15.4 Å². The summed E-state index contributed by atoms with van der Waals surface area (Å²) in [5.41, 5.74) is 1.62. The number of carbonyl (C=O) groups is 3. The Balaban J connectivity index is 1.69. The summed E-state index contributed by atoms with van der Waals surface area (Å²) in [4.78, 5) is 35.5. The molecule has 0 aliphatic rings. The molecule has 0 saturated heterocycles. The van der Waals surface area contributed by atoms with Crippen LogP contribution in [0, 0.1) is 6.92 Å². The number of nitrogens with one attached hydrogen (secondary N) is 2. The first-order chi connectivity index (χ1) is 12.9. The molecule has 142 valence electrons. The number of aryl methyl sites for hydroxylation is 1. The van der Waals surface area contributed by atoms with Crippen molar-refractivity contribution < 1.29 is 23.9 Å². The van der Waals surface area contributed by atoms with Crippen LogP contribution >= 0.6 is 0 Å². The summed E-state index contributed by atoms with van der Waals surface area (Å²) in [5, 5.41) is 5.05. The van der Waals surface area contributed by atoms with E-state index in [4.69, 9.17) is 9.47 Å². The summed E-state index contributed by atoms with van der Waals surface area (Å²) in [7, 11) is 0. The zero-order chi connectivity index (χ0) is 19.6. The first-order valence-electron chi connectivity index (χ1n) is 8.45. The van der Waals surface area contributed by atoms with Gasteiger partial charge in [0, 0.05) is 5.69 Å². The molecule has 2 N–H and O–H groups in total. The van der Waals surface area contributed by atoms with Crippen molar-refractivity contribution in [2.75, 3.05) is 18.5 Å². The lowest BCUT2D eigenvalue weighted by atomic mass is 10.2. The highest BCUT2D eigenvalue weighted by Gasteiger charge is 2.18. The standard InChI is InChI=1S/C20H22N2O5/c1-14-7-6-8-16(11-14)22-20(25)15(2)27-19(24)12-21-18(23)13-26-17-9-4-3-5-10-17/h3-11,15H,12-13H2,1-2H3,(H,21,23)(H,22,25). The smallest absolute Gasteiger partial charge is 0.326 e. The molecule has 0 heterocycles. The first-order valence-corrected chi connectivity index (χ1v) is 8.45. The Morgan fingerprint density at radius 1 is 1.04 bits per heavy atom. The van der Waals surface area contributed by atoms with E-state index in [1.807, 2.05) is 25.1 Å². The predicted octanol–water partition coefficient (Wildman–Crippen LogP) is 2.06. The van der Waals surface area contributed by atoms with Gasteiger partial charge in [-0.05, 0) is 43.7 Å². The van der Waals surface area contributed by atoms with Crippen LogP contribution in [0.1, 0.15) is 12.5 Å². The SMILES string of the molecule is Cc1cccc(NC(=O)C(C)OC(=O)CNC(=O)COc2ccccc2)c1. The van der Waals surface area contributed by atoms with E-state index in [1.54, 1.807) is 36.4 Å². The van der Waals surface area contributed by atoms with E-state index < -0.39 is 23.9 Å². The Hall–Kier alpha value is -3.35. The van der Waals surface area contributed by atoms with Crippen molar-refractivity contribution in [1.82, 2.24) is 5.32 Å². The summed E-state index contributed by atoms with van der Waals surface area (Å²) in [6, 6.07) is 16.1. The molecule has 2 amide bonds. The Morgan fingerprint density at radius 2 is 1.78 bits per heavy atom. The van der Waals surface area contributed by atoms with Gasteiger partial charge in [-0.2, -0.15) is 0 Å². The fourth-order valence-electron chi connectivity index (χ4n) is 2.15. The predicted molar refractivity (Wildman–Crippen MR) is 100 cm³/mol. The maximum absolute atomic E-state index is 12.1. The molecule has 7 nitrogen and oxygen atoms in total. The highest BCUT2D eigenvalue weighted by molar-refractivity contribution is 5.95. The molecule has 2 rings (SSSR count). The second-order valence-electron chi connectivity index (χ2n) is 5.87. The summed E-state index contributed by atoms with van der Waals surface area (Å²) < 4.78 is 10.3. The quantitative estimate of drug-likeness (QED) is 0.694. The molecule has 2 aromatic carbocycles. The zero-order valence-electron chi connectivity index (χ0n) is 15.2. The van der Waals surface area contributed by atoms with Gasteiger partial charge < -0.3 is 20.1 Å². The van der Waals surface area contributed by atoms with Gasteiger partial charge in [0.15, 0.2) is 12.7 Å². The lowest BCUT2D eigenvalue weighted by Gasteiger charge is -2.14. The number of anilines is 1. The Labute approximate surface area is 157 Å². The molecule has 0 radical (unpaired) electrons. The van der Waals surface area contributed by atoms with Crippen LogP contribution in [0.25, 0.3) is 0 Å². The summed E-state index contributed by atoms with van der Waals surface area (Å²) in [5.74, 6) is -1.08. The van der Waals surface area contributed by atoms with E-state index in [-0.39, 0.29) is 13.2 Å². The van der Waals surface area contributed by atoms with E-state index in [2.05, 4.69) is 10.6 Å². The van der Waals surface area contributed by atoms with Crippen LogP contribution in [0.3, 0.4) is 0 Å². The fraction of sp³-hybridized carbons (Fsp3) is 0.250. The molecule has 0 spiro atoms. The average Bonchev–Trinajstić information content (AvgIpc) is 2.65. The Kier molecular flexibility index (Phi) is 7.37. The Bertz CT molecular complexity index is 792. The molecule has 1 unspecified atom stereocenters. The van der Waals surface area contributed by atoms with Crippen molar-refractivity contribution in [1.29, 1.82) is 0 Å². The monoisotopic (exact) mass is 370 g/mol. The lowest BCUT2D eigenvalue weighted by Crippen LogP contribution is -2.37. The molecule has 0 aliphatic heterocycles. The second-order valence-corrected chi connectivity index (χ2v) is 5.87. The molecule has 0 bridgehead atoms. The molecule has 0 aliphatic carbocycles. The van der Waals surface area contributed by atoms with Crippen molar-refractivity contribution in [3.63, 3.8) is 0 Å². The molecule has 7 heteroatoms. The van der Waals surface area contributed by atoms with Gasteiger partial charge in [0.05, 0.1) is 0 Å². The molecule has 0 saturated carbocycles. The van der Waals surface area contributed by atoms with Gasteiger partial charge in [0.1, 0.15) is 12.3 Å². The van der Waals surface area contributed by atoms with Gasteiger partial charge in [0.2, 0.25) is 0 Å². The van der Waals surface area contributed by atoms with E-state index >= 15 is 0 Å². The average molecular weight is 370 g/mol. The zero-order valence-corrected chi connectivity index (χ0v) is 15.2. The molecule has 27 heavy (non-hydrogen) atoms. The van der Waals surface area contributed by atoms with Gasteiger partial charge >= 0.3 is 5.97 Å². The van der Waals surface area contributed by atoms with Crippen molar-refractivity contribution in [3.8, 4) is 5.75 Å². The normalized spacial score (nSPS) is 11.2. The topological polar surface area (TPSA) is 93.7 Å². The van der Waals surface area contributed by atoms with Crippen LogP contribution in [0.5, 0.6) is 5.75 Å². The van der Waals surface area contributed by atoms with Crippen LogP contribution in [-0.2, 0) is 19.1 Å². The lowest BCUT2D eigenvalue weighted by molar-refractivity contribution is -0.152. The fourth-order valence-corrected chi connectivity index (χ4v) is 2.15. The number of carbonyl (C=O) groups excluding carboxylic acids is 3. The number of ether oxygens (including phenoxy) is 2. The Morgan fingerprint density at radius 3 is 2.48 bits per heavy atom. The number of para-hydroxylation sites is 1. The van der Waals surface area contributed by atoms with Gasteiger partial charge in [0.25, 0.3) is 11.8 Å². The maximum atomic E-state index is 12.1. The summed E-state index contributed by atoms with van der Waals surface area (Å²) in [6.45, 7) is 2.80. The second kappa shape index (κ2) is 9.96. The molecule has 0 aromatic heterocycles. The van der Waals surface area contributed by atoms with Crippen molar-refractivity contribution in [3.05, 3.63) is 60.2 Å². The van der Waals surface area contributed by atoms with Crippen LogP contribution in [-0.4, -0.2) is 37.0 Å². The number of esters is 1. The minimum Gasteiger partial charge on any atom is -0.484 e. The largest absolute Gasteiger partial charge is 0.484 e. The van der Waals surface area contributed by atoms with Crippen molar-refractivity contribution in [2.45, 2.75) is 20.0 Å². The highest BCUT2D eigenvalue weighted by Crippen LogP contribution is 2.10. The molecule has 0 fully saturated rings. The maximum Gasteiger partial charge on any atom is 0.326 e. The van der Waals surface area contributed by atoms with Gasteiger partial charge in [-0.15, -0.1) is 0 Å². The van der Waals surface area contributed by atoms with Gasteiger partial charge in [-0.3, -0.25) is 14.4 Å². The number of hydrogen-bond acceptors (Lipinski definition) is 5. The number of benzene rings is 2. The van der Waals surface area contributed by atoms with Crippen LogP contribution in [0.2, 0.25) is 0 Å². The van der Waals surface area contributed by atoms with Crippen LogP contribution in [0.4, 0.5) is 5.69 Å². The summed E-state index contributed by atoms with van der Waals surface area (Å²) in [6.07, 6.45) is -0.990. The molecule has 1 atom stereocenters. The highest BCUT2D eigenvalue weighted by atomic mass is 16.5. The molecular formula is C20H22N2O5. The van der Waals surface area contributed by atoms with Crippen molar-refractivity contribution >= 4 is 23.5 Å². The minimum atomic E-state index is -0.990. The van der Waals surface area contributed by atoms with E-state index in [9.17, 15) is 14.4 Å². The third-order valence-electron chi connectivity index (χ3n) is 3.51. The number of rotatable bonds is 8. The third kappa shape index (κ3) is 7.19. The van der Waals surface area contributed by atoms with Crippen LogP contribution in [0.15, 0.2) is 54.6 Å². The van der Waals surface area contributed by atoms with Gasteiger partial charge in [-0.1, -0.05) is 30.3 Å². The summed E-state index contributed by atoms with van der Waals surface area (Å²) >= 11 is 0. The minimum absolute atomic E-state index is 0.222. The van der Waals surface area contributed by atoms with E-state index in [1.165, 1.54) is 6.92 Å². The van der Waals surface area contributed by atoms with Gasteiger partial charge in [-0.25, -0.2) is 0 Å². The van der Waals surface area contributed by atoms with Crippen molar-refractivity contribution in [2.24, 2.45) is 0 Å². The molecule has 2 aromatic rings. The van der Waals surface area contributed by atoms with E-state index in [0.717, 1.165) is 5.56 Å². The molecular weight excluding hydrogens is 348 g/mol. The number of hydrogen-bond donors (Lipinski definition) is 2.